The van der Waals surface area contributed by atoms with Gasteiger partial charge in [-0.2, -0.15) is 0 Å². The predicted octanol–water partition coefficient (Wildman–Crippen LogP) is 3.30. The zero-order chi connectivity index (χ0) is 21.3. The molecule has 1 atom stereocenters. The molecule has 30 heavy (non-hydrogen) atoms. The van der Waals surface area contributed by atoms with Crippen molar-refractivity contribution in [2.75, 3.05) is 5.75 Å². The fourth-order valence-electron chi connectivity index (χ4n) is 3.16. The van der Waals surface area contributed by atoms with Crippen molar-refractivity contribution in [1.82, 2.24) is 20.1 Å². The zero-order valence-corrected chi connectivity index (χ0v) is 18.1. The molecule has 0 fully saturated rings. The average Bonchev–Trinajstić information content (AvgIpc) is 3.14. The second-order valence-corrected chi connectivity index (χ2v) is 7.96. The molecule has 0 aliphatic carbocycles. The number of carbonyl (C=O) groups excluding carboxylic acids is 2. The third-order valence-electron chi connectivity index (χ3n) is 4.76. The Hall–Kier alpha value is -2.93. The summed E-state index contributed by atoms with van der Waals surface area (Å²) in [5, 5.41) is 12.1. The molecule has 3 aromatic rings. The molecular formula is C23H26N4O2S. The number of amides is 1. The Labute approximate surface area is 181 Å². The Morgan fingerprint density at radius 1 is 1.00 bits per heavy atom. The van der Waals surface area contributed by atoms with E-state index in [0.29, 0.717) is 18.0 Å². The van der Waals surface area contributed by atoms with E-state index in [1.165, 1.54) is 24.2 Å². The maximum Gasteiger partial charge on any atom is 0.231 e. The Balaban J connectivity index is 1.59. The molecule has 0 bridgehead atoms. The highest BCUT2D eigenvalue weighted by Crippen LogP contribution is 2.19. The van der Waals surface area contributed by atoms with E-state index in [0.717, 1.165) is 17.9 Å². The lowest BCUT2D eigenvalue weighted by atomic mass is 10.0. The van der Waals surface area contributed by atoms with Crippen molar-refractivity contribution in [1.29, 1.82) is 0 Å². The summed E-state index contributed by atoms with van der Waals surface area (Å²) in [6.07, 6.45) is 1.18. The van der Waals surface area contributed by atoms with Crippen LogP contribution in [0, 0.1) is 0 Å². The van der Waals surface area contributed by atoms with Crippen molar-refractivity contribution in [3.63, 3.8) is 0 Å². The van der Waals surface area contributed by atoms with Gasteiger partial charge in [0.1, 0.15) is 5.82 Å². The molecule has 6 nitrogen and oxygen atoms in total. The van der Waals surface area contributed by atoms with E-state index >= 15 is 0 Å². The molecular weight excluding hydrogens is 396 g/mol. The molecule has 0 unspecified atom stereocenters. The van der Waals surface area contributed by atoms with Crippen molar-refractivity contribution in [2.24, 2.45) is 0 Å². The molecule has 1 amide bonds. The summed E-state index contributed by atoms with van der Waals surface area (Å²) in [6, 6.07) is 19.3. The van der Waals surface area contributed by atoms with Crippen LogP contribution in [-0.4, -0.2) is 38.2 Å². The fourth-order valence-corrected chi connectivity index (χ4v) is 4.00. The second-order valence-electron chi connectivity index (χ2n) is 7.01. The van der Waals surface area contributed by atoms with Gasteiger partial charge in [-0.15, -0.1) is 10.2 Å². The number of rotatable bonds is 10. The van der Waals surface area contributed by atoms with Gasteiger partial charge in [-0.1, -0.05) is 72.4 Å². The van der Waals surface area contributed by atoms with E-state index in [9.17, 15) is 9.59 Å². The number of thioether (sulfide) groups is 1. The summed E-state index contributed by atoms with van der Waals surface area (Å²) in [5.74, 6) is 0.810. The lowest BCUT2D eigenvalue weighted by Gasteiger charge is -2.16. The second kappa shape index (κ2) is 10.7. The molecule has 2 aromatic carbocycles. The van der Waals surface area contributed by atoms with Gasteiger partial charge in [-0.25, -0.2) is 0 Å². The highest BCUT2D eigenvalue weighted by atomic mass is 32.2. The summed E-state index contributed by atoms with van der Waals surface area (Å²) in [5.41, 5.74) is 2.18. The molecule has 1 N–H and O–H groups in total. The fraction of sp³-hybridized carbons (Fsp3) is 0.304. The van der Waals surface area contributed by atoms with Gasteiger partial charge in [0.25, 0.3) is 0 Å². The van der Waals surface area contributed by atoms with E-state index < -0.39 is 6.04 Å². The maximum absolute atomic E-state index is 12.5. The Morgan fingerprint density at radius 2 is 1.63 bits per heavy atom. The van der Waals surface area contributed by atoms with E-state index in [-0.39, 0.29) is 17.4 Å². The zero-order valence-electron chi connectivity index (χ0n) is 17.2. The van der Waals surface area contributed by atoms with Crippen LogP contribution in [0.1, 0.15) is 30.8 Å². The van der Waals surface area contributed by atoms with Crippen molar-refractivity contribution in [2.45, 2.75) is 44.4 Å². The molecule has 0 spiro atoms. The van der Waals surface area contributed by atoms with Gasteiger partial charge in [0.15, 0.2) is 10.9 Å². The summed E-state index contributed by atoms with van der Waals surface area (Å²) < 4.78 is 2.03. The lowest BCUT2D eigenvalue weighted by Crippen LogP contribution is -2.42. The molecule has 0 aliphatic heterocycles. The minimum absolute atomic E-state index is 0.0564. The number of ketones is 1. The molecule has 7 heteroatoms. The first-order chi connectivity index (χ1) is 14.6. The number of hydrogen-bond acceptors (Lipinski definition) is 5. The van der Waals surface area contributed by atoms with Crippen molar-refractivity contribution in [3.05, 3.63) is 77.6 Å². The quantitative estimate of drug-likeness (QED) is 0.507. The van der Waals surface area contributed by atoms with Crippen molar-refractivity contribution in [3.8, 4) is 0 Å². The first-order valence-electron chi connectivity index (χ1n) is 9.99. The molecule has 156 valence electrons. The Morgan fingerprint density at radius 3 is 2.23 bits per heavy atom. The lowest BCUT2D eigenvalue weighted by molar-refractivity contribution is -0.125. The van der Waals surface area contributed by atoms with Gasteiger partial charge >= 0.3 is 0 Å². The summed E-state index contributed by atoms with van der Waals surface area (Å²) >= 11 is 1.34. The van der Waals surface area contributed by atoms with Crippen LogP contribution in [-0.2, 0) is 29.0 Å². The minimum atomic E-state index is -0.529. The molecule has 3 rings (SSSR count). The molecule has 1 aromatic heterocycles. The SMILES string of the molecule is CCn1c(Cc2ccccc2)nnc1SCC(=O)N[C@@H](Cc1ccccc1)C(C)=O. The molecule has 0 saturated heterocycles. The van der Waals surface area contributed by atoms with Gasteiger partial charge in [-0.05, 0) is 31.4 Å². The van der Waals surface area contributed by atoms with Crippen LogP contribution in [0.25, 0.3) is 0 Å². The number of nitrogens with one attached hydrogen (secondary N) is 1. The van der Waals surface area contributed by atoms with E-state index in [4.69, 9.17) is 0 Å². The highest BCUT2D eigenvalue weighted by Gasteiger charge is 2.19. The first-order valence-corrected chi connectivity index (χ1v) is 11.0. The maximum atomic E-state index is 12.5. The van der Waals surface area contributed by atoms with E-state index in [1.54, 1.807) is 0 Å². The van der Waals surface area contributed by atoms with Gasteiger partial charge < -0.3 is 9.88 Å². The predicted molar refractivity (Wildman–Crippen MR) is 118 cm³/mol. The number of aromatic nitrogens is 3. The molecule has 0 saturated carbocycles. The molecule has 0 aliphatic rings. The van der Waals surface area contributed by atoms with Gasteiger partial charge in [0.2, 0.25) is 5.91 Å². The van der Waals surface area contributed by atoms with Crippen LogP contribution >= 0.6 is 11.8 Å². The summed E-state index contributed by atoms with van der Waals surface area (Å²) in [6.45, 7) is 4.27. The van der Waals surface area contributed by atoms with Crippen LogP contribution in [0.3, 0.4) is 0 Å². The molecule has 0 radical (unpaired) electrons. The van der Waals surface area contributed by atoms with Crippen LogP contribution in [0.15, 0.2) is 65.8 Å². The number of nitrogens with zero attached hydrogens (tertiary/aromatic N) is 3. The van der Waals surface area contributed by atoms with Gasteiger partial charge in [0.05, 0.1) is 11.8 Å². The number of benzene rings is 2. The minimum Gasteiger partial charge on any atom is -0.345 e. The van der Waals surface area contributed by atoms with Crippen LogP contribution in [0.5, 0.6) is 0 Å². The van der Waals surface area contributed by atoms with E-state index in [1.807, 2.05) is 60.0 Å². The van der Waals surface area contributed by atoms with Crippen molar-refractivity contribution >= 4 is 23.5 Å². The van der Waals surface area contributed by atoms with E-state index in [2.05, 4.69) is 27.6 Å². The van der Waals surface area contributed by atoms with Gasteiger partial charge in [0, 0.05) is 13.0 Å². The average molecular weight is 423 g/mol. The first kappa shape index (κ1) is 21.8. The van der Waals surface area contributed by atoms with Crippen LogP contribution < -0.4 is 5.32 Å². The number of hydrogen-bond donors (Lipinski definition) is 1. The highest BCUT2D eigenvalue weighted by molar-refractivity contribution is 7.99. The monoisotopic (exact) mass is 422 g/mol. The molecule has 1 heterocycles. The van der Waals surface area contributed by atoms with Gasteiger partial charge in [-0.3, -0.25) is 9.59 Å². The Bertz CT molecular complexity index is 973. The third kappa shape index (κ3) is 6.03. The van der Waals surface area contributed by atoms with Crippen LogP contribution in [0.4, 0.5) is 0 Å². The third-order valence-corrected chi connectivity index (χ3v) is 5.72. The summed E-state index contributed by atoms with van der Waals surface area (Å²) in [7, 11) is 0. The Kier molecular flexibility index (Phi) is 7.79. The largest absolute Gasteiger partial charge is 0.345 e. The normalized spacial score (nSPS) is 11.8. The number of Topliss-reactive ketones (excluding diaryl/α,β-unsaturated/α-hetero) is 1. The summed E-state index contributed by atoms with van der Waals surface area (Å²) in [4.78, 5) is 24.5. The van der Waals surface area contributed by atoms with Crippen molar-refractivity contribution < 1.29 is 9.59 Å². The topological polar surface area (TPSA) is 76.9 Å². The smallest absolute Gasteiger partial charge is 0.231 e. The number of carbonyl (C=O) groups is 2. The van der Waals surface area contributed by atoms with Crippen LogP contribution in [0.2, 0.25) is 0 Å². The standard InChI is InChI=1S/C23H26N4O2S/c1-3-27-21(15-19-12-8-5-9-13-19)25-26-23(27)30-16-22(29)24-20(17(2)28)14-18-10-6-4-7-11-18/h4-13,20H,3,14-16H2,1-2H3,(H,24,29)/t20-/m0/s1.